The van der Waals surface area contributed by atoms with Gasteiger partial charge in [-0.05, 0) is 49.1 Å². The Kier molecular flexibility index (Phi) is 4.57. The Morgan fingerprint density at radius 3 is 2.78 bits per heavy atom. The number of nitrogens with zero attached hydrogens (tertiary/aromatic N) is 5. The largest absolute Gasteiger partial charge is 0.345 e. The van der Waals surface area contributed by atoms with Crippen LogP contribution in [0.3, 0.4) is 0 Å². The third-order valence-electron chi connectivity index (χ3n) is 4.07. The molecule has 23 heavy (non-hydrogen) atoms. The molecule has 2 aromatic rings. The number of tetrazole rings is 1. The summed E-state index contributed by atoms with van der Waals surface area (Å²) in [7, 11) is 0. The first kappa shape index (κ1) is 16.2. The number of hydrogen-bond acceptors (Lipinski definition) is 5. The van der Waals surface area contributed by atoms with Crippen molar-refractivity contribution in [3.05, 3.63) is 23.0 Å². The van der Waals surface area contributed by atoms with Gasteiger partial charge in [-0.1, -0.05) is 25.6 Å². The van der Waals surface area contributed by atoms with Gasteiger partial charge in [0, 0.05) is 29.5 Å². The van der Waals surface area contributed by atoms with Gasteiger partial charge >= 0.3 is 0 Å². The maximum absolute atomic E-state index is 12.6. The molecular weight excluding hydrogens is 310 g/mol. The number of aromatic nitrogens is 5. The second-order valence-electron chi connectivity index (χ2n) is 6.64. The van der Waals surface area contributed by atoms with Crippen LogP contribution < -0.4 is 0 Å². The van der Waals surface area contributed by atoms with Gasteiger partial charge in [-0.2, -0.15) is 0 Å². The molecule has 0 aromatic carbocycles. The van der Waals surface area contributed by atoms with E-state index in [1.54, 1.807) is 4.68 Å². The van der Waals surface area contributed by atoms with Crippen LogP contribution in [0.25, 0.3) is 0 Å². The standard InChI is InChI=1S/C16H23N5OS/c1-10(2)8-20-16(17-18-19-20)23-9-15(22)14-7-11(3)21(12(14)4)13-5-6-13/h7,10,13H,5-6,8-9H2,1-4H3. The predicted octanol–water partition coefficient (Wildman–Crippen LogP) is 3.06. The van der Waals surface area contributed by atoms with Crippen LogP contribution in [0.4, 0.5) is 0 Å². The van der Waals surface area contributed by atoms with E-state index in [1.807, 2.05) is 13.0 Å². The third-order valence-corrected chi connectivity index (χ3v) is 5.02. The lowest BCUT2D eigenvalue weighted by atomic mass is 10.2. The summed E-state index contributed by atoms with van der Waals surface area (Å²) in [6.07, 6.45) is 2.45. The second-order valence-corrected chi connectivity index (χ2v) is 7.58. The van der Waals surface area contributed by atoms with Crippen molar-refractivity contribution in [3.63, 3.8) is 0 Å². The van der Waals surface area contributed by atoms with Crippen LogP contribution in [0.15, 0.2) is 11.2 Å². The van der Waals surface area contributed by atoms with Crippen LogP contribution in [0.5, 0.6) is 0 Å². The van der Waals surface area contributed by atoms with E-state index in [0.29, 0.717) is 22.9 Å². The van der Waals surface area contributed by atoms with Crippen molar-refractivity contribution in [2.45, 2.75) is 58.3 Å². The lowest BCUT2D eigenvalue weighted by Gasteiger charge is -2.08. The maximum atomic E-state index is 12.6. The van der Waals surface area contributed by atoms with E-state index in [0.717, 1.165) is 17.8 Å². The molecule has 2 aromatic heterocycles. The minimum absolute atomic E-state index is 0.147. The zero-order valence-corrected chi connectivity index (χ0v) is 14.9. The molecular formula is C16H23N5OS. The summed E-state index contributed by atoms with van der Waals surface area (Å²) in [5, 5.41) is 12.5. The van der Waals surface area contributed by atoms with Crippen molar-refractivity contribution in [2.75, 3.05) is 5.75 Å². The highest BCUT2D eigenvalue weighted by Gasteiger charge is 2.28. The van der Waals surface area contributed by atoms with Crippen LogP contribution in [0, 0.1) is 19.8 Å². The Labute approximate surface area is 140 Å². The molecule has 124 valence electrons. The van der Waals surface area contributed by atoms with E-state index in [2.05, 4.69) is 40.9 Å². The molecule has 0 N–H and O–H groups in total. The van der Waals surface area contributed by atoms with Crippen molar-refractivity contribution in [3.8, 4) is 0 Å². The highest BCUT2D eigenvalue weighted by molar-refractivity contribution is 7.99. The molecule has 1 aliphatic rings. The van der Waals surface area contributed by atoms with Gasteiger partial charge in [0.15, 0.2) is 5.78 Å². The molecule has 0 bridgehead atoms. The molecule has 3 rings (SSSR count). The zero-order chi connectivity index (χ0) is 16.6. The second kappa shape index (κ2) is 6.47. The Bertz CT molecular complexity index is 714. The summed E-state index contributed by atoms with van der Waals surface area (Å²) in [4.78, 5) is 12.6. The van der Waals surface area contributed by atoms with E-state index in [-0.39, 0.29) is 5.78 Å². The van der Waals surface area contributed by atoms with E-state index >= 15 is 0 Å². The van der Waals surface area contributed by atoms with Crippen LogP contribution in [0.1, 0.15) is 54.5 Å². The monoisotopic (exact) mass is 333 g/mol. The summed E-state index contributed by atoms with van der Waals surface area (Å²) in [5.41, 5.74) is 3.12. The van der Waals surface area contributed by atoms with E-state index in [4.69, 9.17) is 0 Å². The van der Waals surface area contributed by atoms with Crippen molar-refractivity contribution in [1.82, 2.24) is 24.8 Å². The molecule has 0 saturated heterocycles. The fourth-order valence-corrected chi connectivity index (χ4v) is 3.69. The predicted molar refractivity (Wildman–Crippen MR) is 89.9 cm³/mol. The molecule has 0 spiro atoms. The molecule has 1 fully saturated rings. The minimum Gasteiger partial charge on any atom is -0.345 e. The van der Waals surface area contributed by atoms with Gasteiger partial charge in [0.2, 0.25) is 5.16 Å². The summed E-state index contributed by atoms with van der Waals surface area (Å²) in [5.74, 6) is 0.980. The van der Waals surface area contributed by atoms with E-state index in [1.165, 1.54) is 30.3 Å². The van der Waals surface area contributed by atoms with Crippen LogP contribution >= 0.6 is 11.8 Å². The van der Waals surface area contributed by atoms with Gasteiger partial charge in [0.1, 0.15) is 0 Å². The molecule has 1 aliphatic carbocycles. The quantitative estimate of drug-likeness (QED) is 0.575. The number of rotatable bonds is 7. The number of ketones is 1. The Morgan fingerprint density at radius 1 is 1.39 bits per heavy atom. The molecule has 2 heterocycles. The van der Waals surface area contributed by atoms with Crippen LogP contribution in [-0.4, -0.2) is 36.3 Å². The Hall–Kier alpha value is -1.63. The smallest absolute Gasteiger partial charge is 0.209 e. The number of carbonyl (C=O) groups excluding carboxylic acids is 1. The Balaban J connectivity index is 1.68. The number of aryl methyl sites for hydroxylation is 1. The minimum atomic E-state index is 0.147. The average Bonchev–Trinajstić information content (AvgIpc) is 3.14. The highest BCUT2D eigenvalue weighted by Crippen LogP contribution is 2.38. The van der Waals surface area contributed by atoms with Gasteiger partial charge in [-0.15, -0.1) is 5.10 Å². The number of carbonyl (C=O) groups is 1. The van der Waals surface area contributed by atoms with Gasteiger partial charge in [-0.3, -0.25) is 4.79 Å². The highest BCUT2D eigenvalue weighted by atomic mass is 32.2. The summed E-state index contributed by atoms with van der Waals surface area (Å²) in [6.45, 7) is 9.13. The lowest BCUT2D eigenvalue weighted by molar-refractivity contribution is 0.102. The van der Waals surface area contributed by atoms with Crippen molar-refractivity contribution in [2.24, 2.45) is 5.92 Å². The summed E-state index contributed by atoms with van der Waals surface area (Å²) < 4.78 is 4.08. The van der Waals surface area contributed by atoms with Crippen LogP contribution in [0.2, 0.25) is 0 Å². The molecule has 0 atom stereocenters. The maximum Gasteiger partial charge on any atom is 0.209 e. The molecule has 6 nitrogen and oxygen atoms in total. The molecule has 1 saturated carbocycles. The van der Waals surface area contributed by atoms with Gasteiger partial charge in [0.25, 0.3) is 0 Å². The fourth-order valence-electron chi connectivity index (χ4n) is 2.92. The molecule has 0 radical (unpaired) electrons. The molecule has 0 unspecified atom stereocenters. The summed E-state index contributed by atoms with van der Waals surface area (Å²) >= 11 is 1.41. The zero-order valence-electron chi connectivity index (χ0n) is 14.1. The lowest BCUT2D eigenvalue weighted by Crippen LogP contribution is -2.10. The van der Waals surface area contributed by atoms with Crippen molar-refractivity contribution in [1.29, 1.82) is 0 Å². The first-order valence-electron chi connectivity index (χ1n) is 8.08. The Morgan fingerprint density at radius 2 is 2.13 bits per heavy atom. The van der Waals surface area contributed by atoms with Gasteiger partial charge in [0.05, 0.1) is 5.75 Å². The molecule has 0 aliphatic heterocycles. The molecule has 7 heteroatoms. The van der Waals surface area contributed by atoms with E-state index in [9.17, 15) is 4.79 Å². The SMILES string of the molecule is Cc1cc(C(=O)CSc2nnnn2CC(C)C)c(C)n1C1CC1. The van der Waals surface area contributed by atoms with Gasteiger partial charge in [-0.25, -0.2) is 4.68 Å². The van der Waals surface area contributed by atoms with Crippen molar-refractivity contribution >= 4 is 17.5 Å². The number of thioether (sulfide) groups is 1. The van der Waals surface area contributed by atoms with Crippen molar-refractivity contribution < 1.29 is 4.79 Å². The first-order chi connectivity index (χ1) is 11.0. The van der Waals surface area contributed by atoms with E-state index < -0.39 is 0 Å². The van der Waals surface area contributed by atoms with Gasteiger partial charge < -0.3 is 4.57 Å². The third kappa shape index (κ3) is 3.49. The normalized spacial score (nSPS) is 14.7. The summed E-state index contributed by atoms with van der Waals surface area (Å²) in [6, 6.07) is 2.62. The fraction of sp³-hybridized carbons (Fsp3) is 0.625. The van der Waals surface area contributed by atoms with Crippen LogP contribution in [-0.2, 0) is 6.54 Å². The molecule has 0 amide bonds. The number of Topliss-reactive ketones (excluding diaryl/α,β-unsaturated/α-hetero) is 1. The first-order valence-corrected chi connectivity index (χ1v) is 9.06. The topological polar surface area (TPSA) is 65.6 Å². The number of hydrogen-bond donors (Lipinski definition) is 0. The average molecular weight is 333 g/mol.